The number of aliphatic carboxylic acids is 1. The topological polar surface area (TPSA) is 75.6 Å². The average Bonchev–Trinajstić information content (AvgIpc) is 2.58. The van der Waals surface area contributed by atoms with Crippen LogP contribution in [0.2, 0.25) is 0 Å². The van der Waals surface area contributed by atoms with Crippen LogP contribution in [0, 0.1) is 16.7 Å². The van der Waals surface area contributed by atoms with Crippen LogP contribution in [0.25, 0.3) is 0 Å². The molecule has 1 saturated carbocycles. The molecule has 0 heterocycles. The Hall–Kier alpha value is -0.165. The number of carboxylic acids is 1. The second kappa shape index (κ2) is 7.21. The summed E-state index contributed by atoms with van der Waals surface area (Å²) in [5.74, 6) is -1.16. The molecule has 3 atom stereocenters. The Bertz CT molecular complexity index is 372. The van der Waals surface area contributed by atoms with E-state index in [0.717, 1.165) is 0 Å². The molecular formula is C14H25HgNO4+2. The molecule has 0 bridgehead atoms. The van der Waals surface area contributed by atoms with Gasteiger partial charge in [-0.3, -0.25) is 9.59 Å². The van der Waals surface area contributed by atoms with Crippen LogP contribution >= 0.6 is 0 Å². The molecule has 0 radical (unpaired) electrons. The second-order valence-corrected chi connectivity index (χ2v) is 6.24. The van der Waals surface area contributed by atoms with Crippen molar-refractivity contribution in [2.45, 2.75) is 46.6 Å². The molecule has 0 aromatic heterocycles. The Balaban J connectivity index is 0.00000361. The summed E-state index contributed by atoms with van der Waals surface area (Å²) in [5, 5.41) is 12.3. The van der Waals surface area contributed by atoms with Gasteiger partial charge in [-0.05, 0) is 32.1 Å². The van der Waals surface area contributed by atoms with E-state index in [0.29, 0.717) is 19.4 Å². The Morgan fingerprint density at radius 1 is 1.40 bits per heavy atom. The van der Waals surface area contributed by atoms with Gasteiger partial charge in [0.25, 0.3) is 0 Å². The van der Waals surface area contributed by atoms with E-state index in [4.69, 9.17) is 4.74 Å². The van der Waals surface area contributed by atoms with E-state index < -0.39 is 16.8 Å². The van der Waals surface area contributed by atoms with Crippen molar-refractivity contribution >= 4 is 11.9 Å². The molecule has 20 heavy (non-hydrogen) atoms. The number of methoxy groups -OCH3 is 1. The van der Waals surface area contributed by atoms with E-state index in [1.54, 1.807) is 14.0 Å². The fraction of sp³-hybridized carbons (Fsp3) is 0.857. The Labute approximate surface area is 141 Å². The van der Waals surface area contributed by atoms with Gasteiger partial charge in [0.05, 0.1) is 11.5 Å². The minimum absolute atomic E-state index is 0. The maximum atomic E-state index is 12.2. The van der Waals surface area contributed by atoms with E-state index in [1.807, 2.05) is 20.8 Å². The third-order valence-corrected chi connectivity index (χ3v) is 4.98. The van der Waals surface area contributed by atoms with Crippen molar-refractivity contribution in [3.63, 3.8) is 0 Å². The number of carbonyl (C=O) groups excluding carboxylic acids is 1. The fourth-order valence-corrected chi connectivity index (χ4v) is 2.79. The number of carboxylic acid groups (broad SMARTS) is 1. The normalized spacial score (nSPS) is 29.4. The molecule has 6 heteroatoms. The fourth-order valence-electron chi connectivity index (χ4n) is 2.79. The molecule has 0 aliphatic heterocycles. The molecule has 1 aliphatic carbocycles. The van der Waals surface area contributed by atoms with Crippen molar-refractivity contribution in [3.8, 4) is 0 Å². The maximum absolute atomic E-state index is 12.2. The summed E-state index contributed by atoms with van der Waals surface area (Å²) in [7, 11) is 1.60. The molecule has 0 spiro atoms. The van der Waals surface area contributed by atoms with Gasteiger partial charge in [0.1, 0.15) is 0 Å². The Morgan fingerprint density at radius 2 is 1.95 bits per heavy atom. The molecule has 1 rings (SSSR count). The van der Waals surface area contributed by atoms with Gasteiger partial charge < -0.3 is 15.2 Å². The minimum Gasteiger partial charge on any atom is -0.481 e. The number of nitrogens with one attached hydrogen (secondary N) is 1. The maximum Gasteiger partial charge on any atom is 2.00 e. The first-order valence-electron chi connectivity index (χ1n) is 6.70. The monoisotopic (exact) mass is 473 g/mol. The number of amides is 1. The van der Waals surface area contributed by atoms with Gasteiger partial charge in [0.15, 0.2) is 0 Å². The predicted octanol–water partition coefficient (Wildman–Crippen LogP) is 1.66. The smallest absolute Gasteiger partial charge is 0.481 e. The zero-order valence-electron chi connectivity index (χ0n) is 13.2. The number of carbonyl (C=O) groups is 2. The van der Waals surface area contributed by atoms with E-state index in [1.165, 1.54) is 0 Å². The predicted molar refractivity (Wildman–Crippen MR) is 71.7 cm³/mol. The van der Waals surface area contributed by atoms with Crippen LogP contribution in [0.5, 0.6) is 0 Å². The first-order valence-corrected chi connectivity index (χ1v) is 6.70. The van der Waals surface area contributed by atoms with Crippen LogP contribution in [-0.4, -0.2) is 36.7 Å². The van der Waals surface area contributed by atoms with Crippen molar-refractivity contribution in [3.05, 3.63) is 0 Å². The Kier molecular flexibility index (Phi) is 7.15. The molecule has 0 aromatic carbocycles. The number of ether oxygens (including phenoxy) is 1. The van der Waals surface area contributed by atoms with Gasteiger partial charge >= 0.3 is 33.6 Å². The minimum atomic E-state index is -0.845. The summed E-state index contributed by atoms with van der Waals surface area (Å²) >= 11 is 0. The third-order valence-electron chi connectivity index (χ3n) is 4.98. The van der Waals surface area contributed by atoms with Crippen LogP contribution < -0.4 is 5.32 Å². The SMILES string of the molecule is COC(C)CNC(=O)C1CCC(C)(C(=O)O)C1(C)C.[Hg+2]. The summed E-state index contributed by atoms with van der Waals surface area (Å²) in [4.78, 5) is 23.7. The van der Waals surface area contributed by atoms with Crippen LogP contribution in [0.1, 0.15) is 40.5 Å². The molecule has 5 nitrogen and oxygen atoms in total. The zero-order chi connectivity index (χ0) is 14.8. The van der Waals surface area contributed by atoms with E-state index in [9.17, 15) is 14.7 Å². The van der Waals surface area contributed by atoms with Crippen LogP contribution in [-0.2, 0) is 42.0 Å². The molecule has 1 aliphatic rings. The van der Waals surface area contributed by atoms with Gasteiger partial charge in [-0.1, -0.05) is 13.8 Å². The molecule has 110 valence electrons. The standard InChI is InChI=1S/C14H25NO4.Hg/c1-9(19-5)8-15-11(16)10-6-7-14(4,12(17)18)13(10,2)3;/h9-10H,6-8H2,1-5H3,(H,15,16)(H,17,18);/q;+2. The van der Waals surface area contributed by atoms with Crippen LogP contribution in [0.3, 0.4) is 0 Å². The molecule has 1 amide bonds. The number of hydrogen-bond donors (Lipinski definition) is 2. The second-order valence-electron chi connectivity index (χ2n) is 6.24. The van der Waals surface area contributed by atoms with E-state index >= 15 is 0 Å². The first kappa shape index (κ1) is 19.8. The number of rotatable bonds is 5. The van der Waals surface area contributed by atoms with Crippen molar-refractivity contribution in [2.75, 3.05) is 13.7 Å². The van der Waals surface area contributed by atoms with Gasteiger partial charge in [-0.25, -0.2) is 0 Å². The molecule has 0 aromatic rings. The van der Waals surface area contributed by atoms with Gasteiger partial charge in [-0.2, -0.15) is 0 Å². The summed E-state index contributed by atoms with van der Waals surface area (Å²) in [6.45, 7) is 7.81. The molecule has 1 fully saturated rings. The average molecular weight is 472 g/mol. The van der Waals surface area contributed by atoms with Crippen molar-refractivity contribution in [1.82, 2.24) is 5.32 Å². The van der Waals surface area contributed by atoms with Crippen molar-refractivity contribution in [2.24, 2.45) is 16.7 Å². The zero-order valence-corrected chi connectivity index (χ0v) is 18.7. The van der Waals surface area contributed by atoms with E-state index in [2.05, 4.69) is 5.32 Å². The molecule has 0 saturated heterocycles. The van der Waals surface area contributed by atoms with E-state index in [-0.39, 0.29) is 45.6 Å². The van der Waals surface area contributed by atoms with Crippen molar-refractivity contribution < 1.29 is 47.1 Å². The molecule has 3 unspecified atom stereocenters. The Morgan fingerprint density at radius 3 is 2.35 bits per heavy atom. The van der Waals surface area contributed by atoms with Crippen LogP contribution in [0.4, 0.5) is 0 Å². The van der Waals surface area contributed by atoms with Crippen LogP contribution in [0.15, 0.2) is 0 Å². The summed E-state index contributed by atoms with van der Waals surface area (Å²) in [6.07, 6.45) is 1.11. The quantitative estimate of drug-likeness (QED) is 0.598. The summed E-state index contributed by atoms with van der Waals surface area (Å²) < 4.78 is 5.09. The number of hydrogen-bond acceptors (Lipinski definition) is 3. The summed E-state index contributed by atoms with van der Waals surface area (Å²) in [5.41, 5.74) is -1.40. The molecule has 2 N–H and O–H groups in total. The van der Waals surface area contributed by atoms with Gasteiger partial charge in [-0.15, -0.1) is 0 Å². The van der Waals surface area contributed by atoms with Gasteiger partial charge in [0.2, 0.25) is 5.91 Å². The van der Waals surface area contributed by atoms with Crippen molar-refractivity contribution in [1.29, 1.82) is 0 Å². The molecular weight excluding hydrogens is 447 g/mol. The first-order chi connectivity index (χ1) is 8.66. The third kappa shape index (κ3) is 3.53. The van der Waals surface area contributed by atoms with Gasteiger partial charge in [0, 0.05) is 19.6 Å². The summed E-state index contributed by atoms with van der Waals surface area (Å²) in [6, 6.07) is 0. The largest absolute Gasteiger partial charge is 2.00 e.